The number of nitrogens with zero attached hydrogens (tertiary/aromatic N) is 4. The molecule has 0 aliphatic carbocycles. The number of rotatable bonds is 5. The molecule has 1 atom stereocenters. The second-order valence-electron chi connectivity index (χ2n) is 5.77. The lowest BCUT2D eigenvalue weighted by Gasteiger charge is -2.14. The van der Waals surface area contributed by atoms with Crippen molar-refractivity contribution in [1.82, 2.24) is 25.6 Å². The van der Waals surface area contributed by atoms with Gasteiger partial charge < -0.3 is 10.6 Å². The third kappa shape index (κ3) is 4.24. The minimum atomic E-state index is -0.295. The van der Waals surface area contributed by atoms with Gasteiger partial charge in [0.05, 0.1) is 36.1 Å². The van der Waals surface area contributed by atoms with Crippen LogP contribution in [-0.2, 0) is 6.54 Å². The van der Waals surface area contributed by atoms with Gasteiger partial charge in [-0.15, -0.1) is 5.10 Å². The Balaban J connectivity index is 1.52. The van der Waals surface area contributed by atoms with Gasteiger partial charge in [-0.25, -0.2) is 9.48 Å². The average Bonchev–Trinajstić information content (AvgIpc) is 3.16. The van der Waals surface area contributed by atoms with Crippen molar-refractivity contribution in [2.24, 2.45) is 0 Å². The first kappa shape index (κ1) is 17.2. The zero-order valence-corrected chi connectivity index (χ0v) is 14.3. The number of aromatic nitrogens is 3. The Morgan fingerprint density at radius 2 is 1.92 bits per heavy atom. The van der Waals surface area contributed by atoms with Crippen LogP contribution in [0.15, 0.2) is 60.8 Å². The Hall–Kier alpha value is -3.66. The van der Waals surface area contributed by atoms with Gasteiger partial charge in [0.2, 0.25) is 0 Å². The van der Waals surface area contributed by atoms with Crippen LogP contribution in [0.2, 0.25) is 0 Å². The van der Waals surface area contributed by atoms with E-state index in [-0.39, 0.29) is 18.6 Å². The normalized spacial score (nSPS) is 11.4. The maximum Gasteiger partial charge on any atom is 0.315 e. The van der Waals surface area contributed by atoms with Crippen LogP contribution in [0.25, 0.3) is 5.69 Å². The predicted molar refractivity (Wildman–Crippen MR) is 96.3 cm³/mol. The molecule has 0 bridgehead atoms. The molecule has 1 heterocycles. The Morgan fingerprint density at radius 1 is 1.19 bits per heavy atom. The molecule has 0 radical (unpaired) electrons. The Labute approximate surface area is 151 Å². The first-order chi connectivity index (χ1) is 12.7. The Bertz CT molecular complexity index is 911. The Kier molecular flexibility index (Phi) is 5.25. The highest BCUT2D eigenvalue weighted by molar-refractivity contribution is 5.74. The molecule has 0 aliphatic rings. The third-order valence-corrected chi connectivity index (χ3v) is 3.88. The first-order valence-corrected chi connectivity index (χ1v) is 8.17. The molecule has 7 heteroatoms. The topological polar surface area (TPSA) is 95.6 Å². The zero-order valence-electron chi connectivity index (χ0n) is 14.3. The maximum absolute atomic E-state index is 12.1. The number of urea groups is 1. The van der Waals surface area contributed by atoms with Gasteiger partial charge in [0.1, 0.15) is 5.69 Å². The highest BCUT2D eigenvalue weighted by Gasteiger charge is 2.10. The van der Waals surface area contributed by atoms with Crippen LogP contribution in [0.1, 0.15) is 29.8 Å². The molecule has 2 N–H and O–H groups in total. The van der Waals surface area contributed by atoms with Crippen LogP contribution in [0.4, 0.5) is 4.79 Å². The molecule has 3 aromatic rings. The van der Waals surface area contributed by atoms with Crippen LogP contribution >= 0.6 is 0 Å². The van der Waals surface area contributed by atoms with Crippen molar-refractivity contribution in [2.45, 2.75) is 19.5 Å². The van der Waals surface area contributed by atoms with Crippen molar-refractivity contribution in [1.29, 1.82) is 5.26 Å². The van der Waals surface area contributed by atoms with E-state index in [2.05, 4.69) is 27.0 Å². The van der Waals surface area contributed by atoms with Crippen molar-refractivity contribution >= 4 is 6.03 Å². The van der Waals surface area contributed by atoms with Crippen molar-refractivity contribution in [3.63, 3.8) is 0 Å². The fourth-order valence-corrected chi connectivity index (χ4v) is 2.43. The lowest BCUT2D eigenvalue weighted by atomic mass is 10.1. The van der Waals surface area contributed by atoms with E-state index in [1.54, 1.807) is 23.0 Å². The molecular formula is C19H18N6O. The molecule has 0 aliphatic heterocycles. The van der Waals surface area contributed by atoms with Crippen molar-refractivity contribution in [3.8, 4) is 11.8 Å². The van der Waals surface area contributed by atoms with E-state index in [0.29, 0.717) is 11.3 Å². The number of nitrogens with one attached hydrogen (secondary N) is 2. The van der Waals surface area contributed by atoms with E-state index in [4.69, 9.17) is 5.26 Å². The number of hydrogen-bond acceptors (Lipinski definition) is 4. The minimum Gasteiger partial charge on any atom is -0.332 e. The number of para-hydroxylation sites is 1. The summed E-state index contributed by atoms with van der Waals surface area (Å²) in [7, 11) is 0. The molecule has 0 spiro atoms. The molecule has 0 saturated heterocycles. The van der Waals surface area contributed by atoms with Gasteiger partial charge in [0.15, 0.2) is 0 Å². The summed E-state index contributed by atoms with van der Waals surface area (Å²) < 4.78 is 1.66. The number of hydrogen-bond donors (Lipinski definition) is 2. The summed E-state index contributed by atoms with van der Waals surface area (Å²) in [5, 5.41) is 22.6. The Morgan fingerprint density at radius 3 is 2.62 bits per heavy atom. The summed E-state index contributed by atoms with van der Waals surface area (Å²) >= 11 is 0. The maximum atomic E-state index is 12.1. The van der Waals surface area contributed by atoms with Gasteiger partial charge in [0.25, 0.3) is 0 Å². The summed E-state index contributed by atoms with van der Waals surface area (Å²) in [5.41, 5.74) is 3.08. The molecule has 0 fully saturated rings. The van der Waals surface area contributed by atoms with Crippen LogP contribution in [0.5, 0.6) is 0 Å². The monoisotopic (exact) mass is 346 g/mol. The standard InChI is InChI=1S/C19H18N6O/c1-14(16-9-7-15(11-20)8-10-16)22-19(26)21-12-17-13-25(24-23-17)18-5-3-2-4-6-18/h2-10,13-14H,12H2,1H3,(H2,21,22,26). The van der Waals surface area contributed by atoms with E-state index >= 15 is 0 Å². The van der Waals surface area contributed by atoms with E-state index in [1.807, 2.05) is 49.4 Å². The van der Waals surface area contributed by atoms with E-state index < -0.39 is 0 Å². The predicted octanol–water partition coefficient (Wildman–Crippen LogP) is 2.70. The van der Waals surface area contributed by atoms with Gasteiger partial charge in [-0.2, -0.15) is 5.26 Å². The fourth-order valence-electron chi connectivity index (χ4n) is 2.43. The fraction of sp³-hybridized carbons (Fsp3) is 0.158. The quantitative estimate of drug-likeness (QED) is 0.742. The van der Waals surface area contributed by atoms with Crippen molar-refractivity contribution in [3.05, 3.63) is 77.6 Å². The molecule has 1 unspecified atom stereocenters. The largest absolute Gasteiger partial charge is 0.332 e. The second-order valence-corrected chi connectivity index (χ2v) is 5.77. The van der Waals surface area contributed by atoms with Gasteiger partial charge >= 0.3 is 6.03 Å². The van der Waals surface area contributed by atoms with Gasteiger partial charge in [-0.1, -0.05) is 35.5 Å². The highest BCUT2D eigenvalue weighted by Crippen LogP contribution is 2.13. The zero-order chi connectivity index (χ0) is 18.4. The first-order valence-electron chi connectivity index (χ1n) is 8.17. The molecule has 3 rings (SSSR count). The summed E-state index contributed by atoms with van der Waals surface area (Å²) in [6, 6.07) is 18.4. The highest BCUT2D eigenvalue weighted by atomic mass is 16.2. The summed E-state index contributed by atoms with van der Waals surface area (Å²) in [4.78, 5) is 12.1. The van der Waals surface area contributed by atoms with Crippen molar-refractivity contribution in [2.75, 3.05) is 0 Å². The van der Waals surface area contributed by atoms with Gasteiger partial charge in [-0.3, -0.25) is 0 Å². The minimum absolute atomic E-state index is 0.178. The summed E-state index contributed by atoms with van der Waals surface area (Å²) in [6.45, 7) is 2.16. The molecule has 130 valence electrons. The number of carbonyl (C=O) groups is 1. The van der Waals surface area contributed by atoms with Gasteiger partial charge in [0, 0.05) is 0 Å². The van der Waals surface area contributed by atoms with Gasteiger partial charge in [-0.05, 0) is 36.8 Å². The number of carbonyl (C=O) groups excluding carboxylic acids is 1. The molecular weight excluding hydrogens is 328 g/mol. The molecule has 1 aromatic heterocycles. The molecule has 7 nitrogen and oxygen atoms in total. The number of benzene rings is 2. The van der Waals surface area contributed by atoms with Crippen LogP contribution < -0.4 is 10.6 Å². The summed E-state index contributed by atoms with van der Waals surface area (Å²) in [5.74, 6) is 0. The SMILES string of the molecule is CC(NC(=O)NCc1cn(-c2ccccc2)nn1)c1ccc(C#N)cc1. The van der Waals surface area contributed by atoms with E-state index in [1.165, 1.54) is 0 Å². The summed E-state index contributed by atoms with van der Waals surface area (Å²) in [6.07, 6.45) is 1.78. The molecule has 0 saturated carbocycles. The lowest BCUT2D eigenvalue weighted by molar-refractivity contribution is 0.237. The molecule has 26 heavy (non-hydrogen) atoms. The number of nitriles is 1. The van der Waals surface area contributed by atoms with Crippen LogP contribution in [0.3, 0.4) is 0 Å². The van der Waals surface area contributed by atoms with Crippen LogP contribution in [-0.4, -0.2) is 21.0 Å². The smallest absolute Gasteiger partial charge is 0.315 e. The number of amides is 2. The molecule has 2 aromatic carbocycles. The second kappa shape index (κ2) is 7.94. The lowest BCUT2D eigenvalue weighted by Crippen LogP contribution is -2.36. The molecule has 2 amide bonds. The van der Waals surface area contributed by atoms with Crippen LogP contribution in [0, 0.1) is 11.3 Å². The van der Waals surface area contributed by atoms with Crippen molar-refractivity contribution < 1.29 is 4.79 Å². The third-order valence-electron chi connectivity index (χ3n) is 3.88. The average molecular weight is 346 g/mol. The van der Waals surface area contributed by atoms with E-state index in [9.17, 15) is 4.79 Å². The van der Waals surface area contributed by atoms with E-state index in [0.717, 1.165) is 11.3 Å².